The van der Waals surface area contributed by atoms with E-state index in [2.05, 4.69) is 0 Å². The lowest BCUT2D eigenvalue weighted by Gasteiger charge is -2.18. The van der Waals surface area contributed by atoms with Crippen molar-refractivity contribution in [1.82, 2.24) is 0 Å². The Hall–Kier alpha value is -0.740. The highest BCUT2D eigenvalue weighted by Gasteiger charge is 2.21. The molecule has 1 aromatic rings. The third-order valence-corrected chi connectivity index (χ3v) is 4.80. The van der Waals surface area contributed by atoms with Gasteiger partial charge in [0.25, 0.3) is 9.05 Å². The van der Waals surface area contributed by atoms with Gasteiger partial charge >= 0.3 is 0 Å². The van der Waals surface area contributed by atoms with Crippen LogP contribution in [0, 0.1) is 6.92 Å². The Morgan fingerprint density at radius 3 is 2.37 bits per heavy atom. The van der Waals surface area contributed by atoms with E-state index in [9.17, 15) is 8.42 Å². The zero-order chi connectivity index (χ0) is 13.9. The molecular formula is C14H19ClO3S. The first-order chi connectivity index (χ1) is 8.97. The van der Waals surface area contributed by atoms with Crippen LogP contribution >= 0.6 is 10.7 Å². The molecule has 0 saturated heterocycles. The summed E-state index contributed by atoms with van der Waals surface area (Å²) >= 11 is 0. The van der Waals surface area contributed by atoms with Crippen molar-refractivity contribution >= 4 is 19.7 Å². The van der Waals surface area contributed by atoms with Crippen molar-refractivity contribution in [2.24, 2.45) is 0 Å². The third kappa shape index (κ3) is 4.11. The van der Waals surface area contributed by atoms with E-state index in [1.54, 1.807) is 12.1 Å². The minimum absolute atomic E-state index is 0.0819. The summed E-state index contributed by atoms with van der Waals surface area (Å²) in [6.07, 6.45) is 6.80. The number of halogens is 1. The summed E-state index contributed by atoms with van der Waals surface area (Å²) in [5.41, 5.74) is 0.854. The van der Waals surface area contributed by atoms with Crippen LogP contribution in [-0.2, 0) is 9.05 Å². The molecule has 106 valence electrons. The van der Waals surface area contributed by atoms with Crippen LogP contribution in [0.15, 0.2) is 23.1 Å². The lowest BCUT2D eigenvalue weighted by atomic mass is 10.1. The van der Waals surface area contributed by atoms with Crippen LogP contribution < -0.4 is 4.74 Å². The number of benzene rings is 1. The van der Waals surface area contributed by atoms with E-state index < -0.39 is 9.05 Å². The van der Waals surface area contributed by atoms with Crippen LogP contribution in [-0.4, -0.2) is 14.5 Å². The molecule has 0 bridgehead atoms. The van der Waals surface area contributed by atoms with Crippen LogP contribution in [0.5, 0.6) is 5.75 Å². The van der Waals surface area contributed by atoms with Crippen LogP contribution in [0.3, 0.4) is 0 Å². The SMILES string of the molecule is Cc1ccc(OC2CCCCCC2)c(S(=O)(=O)Cl)c1. The molecule has 1 aliphatic rings. The Kier molecular flexibility index (Phi) is 4.74. The summed E-state index contributed by atoms with van der Waals surface area (Å²) in [6, 6.07) is 5.11. The first-order valence-electron chi connectivity index (χ1n) is 6.69. The Morgan fingerprint density at radius 1 is 1.16 bits per heavy atom. The predicted molar refractivity (Wildman–Crippen MR) is 76.3 cm³/mol. The van der Waals surface area contributed by atoms with Crippen LogP contribution in [0.2, 0.25) is 0 Å². The second-order valence-electron chi connectivity index (χ2n) is 5.12. The normalized spacial score (nSPS) is 18.0. The Bertz CT molecular complexity index is 532. The highest BCUT2D eigenvalue weighted by molar-refractivity contribution is 8.13. The molecule has 0 radical (unpaired) electrons. The van der Waals surface area contributed by atoms with Crippen LogP contribution in [0.1, 0.15) is 44.1 Å². The smallest absolute Gasteiger partial charge is 0.264 e. The summed E-state index contributed by atoms with van der Waals surface area (Å²) in [4.78, 5) is 0.0819. The molecule has 0 spiro atoms. The highest BCUT2D eigenvalue weighted by Crippen LogP contribution is 2.31. The maximum Gasteiger partial charge on any atom is 0.264 e. The molecule has 0 atom stereocenters. The second-order valence-corrected chi connectivity index (χ2v) is 7.65. The van der Waals surface area contributed by atoms with Gasteiger partial charge in [0.15, 0.2) is 0 Å². The Balaban J connectivity index is 2.24. The van der Waals surface area contributed by atoms with Crippen molar-refractivity contribution in [3.63, 3.8) is 0 Å². The van der Waals surface area contributed by atoms with Crippen molar-refractivity contribution in [2.45, 2.75) is 56.4 Å². The fourth-order valence-electron chi connectivity index (χ4n) is 2.44. The van der Waals surface area contributed by atoms with Crippen molar-refractivity contribution in [2.75, 3.05) is 0 Å². The predicted octanol–water partition coefficient (Wildman–Crippen LogP) is 4.02. The van der Waals surface area contributed by atoms with Crippen LogP contribution in [0.25, 0.3) is 0 Å². The largest absolute Gasteiger partial charge is 0.489 e. The highest BCUT2D eigenvalue weighted by atomic mass is 35.7. The maximum atomic E-state index is 11.6. The van der Waals surface area contributed by atoms with Gasteiger partial charge in [0.2, 0.25) is 0 Å². The van der Waals surface area contributed by atoms with Gasteiger partial charge in [-0.25, -0.2) is 8.42 Å². The van der Waals surface area contributed by atoms with Gasteiger partial charge in [-0.2, -0.15) is 0 Å². The van der Waals surface area contributed by atoms with E-state index in [1.165, 1.54) is 12.8 Å². The minimum atomic E-state index is -3.77. The average molecular weight is 303 g/mol. The van der Waals surface area contributed by atoms with Gasteiger partial charge in [-0.3, -0.25) is 0 Å². The zero-order valence-electron chi connectivity index (χ0n) is 11.1. The first-order valence-corrected chi connectivity index (χ1v) is 9.00. The number of ether oxygens (including phenoxy) is 1. The van der Waals surface area contributed by atoms with E-state index >= 15 is 0 Å². The molecule has 0 aromatic heterocycles. The van der Waals surface area contributed by atoms with Crippen molar-refractivity contribution in [3.8, 4) is 5.75 Å². The van der Waals surface area contributed by atoms with E-state index in [1.807, 2.05) is 13.0 Å². The van der Waals surface area contributed by atoms with Crippen molar-refractivity contribution in [1.29, 1.82) is 0 Å². The molecule has 1 fully saturated rings. The molecule has 19 heavy (non-hydrogen) atoms. The number of rotatable bonds is 3. The fraction of sp³-hybridized carbons (Fsp3) is 0.571. The number of hydrogen-bond donors (Lipinski definition) is 0. The summed E-state index contributed by atoms with van der Waals surface area (Å²) in [7, 11) is 1.71. The van der Waals surface area contributed by atoms with Gasteiger partial charge in [0, 0.05) is 10.7 Å². The van der Waals surface area contributed by atoms with E-state index in [-0.39, 0.29) is 11.0 Å². The summed E-state index contributed by atoms with van der Waals surface area (Å²) < 4.78 is 29.1. The van der Waals surface area contributed by atoms with Crippen molar-refractivity contribution < 1.29 is 13.2 Å². The molecule has 1 aliphatic carbocycles. The molecule has 5 heteroatoms. The fourth-order valence-corrected chi connectivity index (χ4v) is 3.49. The molecule has 2 rings (SSSR count). The Labute approximate surface area is 119 Å². The lowest BCUT2D eigenvalue weighted by Crippen LogP contribution is -2.16. The topological polar surface area (TPSA) is 43.4 Å². The summed E-state index contributed by atoms with van der Waals surface area (Å²) in [5, 5.41) is 0. The summed E-state index contributed by atoms with van der Waals surface area (Å²) in [6.45, 7) is 1.83. The standard InChI is InChI=1S/C14H19ClO3S/c1-11-8-9-13(14(10-11)19(15,16)17)18-12-6-4-2-3-5-7-12/h8-10,12H,2-7H2,1H3. The first kappa shape index (κ1) is 14.7. The number of hydrogen-bond acceptors (Lipinski definition) is 3. The molecule has 0 aliphatic heterocycles. The van der Waals surface area contributed by atoms with Gasteiger partial charge in [-0.15, -0.1) is 0 Å². The lowest BCUT2D eigenvalue weighted by molar-refractivity contribution is 0.179. The van der Waals surface area contributed by atoms with E-state index in [4.69, 9.17) is 15.4 Å². The third-order valence-electron chi connectivity index (χ3n) is 3.46. The van der Waals surface area contributed by atoms with Gasteiger partial charge in [0.1, 0.15) is 10.6 Å². The van der Waals surface area contributed by atoms with Gasteiger partial charge in [-0.05, 0) is 50.3 Å². The zero-order valence-corrected chi connectivity index (χ0v) is 12.6. The monoisotopic (exact) mass is 302 g/mol. The molecule has 1 aromatic carbocycles. The van der Waals surface area contributed by atoms with Crippen molar-refractivity contribution in [3.05, 3.63) is 23.8 Å². The molecular weight excluding hydrogens is 284 g/mol. The van der Waals surface area contributed by atoms with Gasteiger partial charge < -0.3 is 4.74 Å². The number of aryl methyl sites for hydroxylation is 1. The Morgan fingerprint density at radius 2 is 1.79 bits per heavy atom. The average Bonchev–Trinajstić information content (AvgIpc) is 2.59. The van der Waals surface area contributed by atoms with Gasteiger partial charge in [-0.1, -0.05) is 18.9 Å². The molecule has 0 unspecified atom stereocenters. The maximum absolute atomic E-state index is 11.6. The molecule has 0 amide bonds. The molecule has 1 saturated carbocycles. The quantitative estimate of drug-likeness (QED) is 0.625. The molecule has 0 N–H and O–H groups in total. The molecule has 3 nitrogen and oxygen atoms in total. The minimum Gasteiger partial charge on any atom is -0.489 e. The molecule has 0 heterocycles. The second kappa shape index (κ2) is 6.14. The van der Waals surface area contributed by atoms with E-state index in [0.29, 0.717) is 5.75 Å². The summed E-state index contributed by atoms with van der Waals surface area (Å²) in [5.74, 6) is 0.382. The van der Waals surface area contributed by atoms with Crippen LogP contribution in [0.4, 0.5) is 0 Å². The van der Waals surface area contributed by atoms with Gasteiger partial charge in [0.05, 0.1) is 6.10 Å². The van der Waals surface area contributed by atoms with E-state index in [0.717, 1.165) is 31.2 Å².